The summed E-state index contributed by atoms with van der Waals surface area (Å²) >= 11 is 2.64. The first kappa shape index (κ1) is 19.4. The molecule has 0 spiro atoms. The van der Waals surface area contributed by atoms with Gasteiger partial charge in [-0.25, -0.2) is 0 Å². The first-order chi connectivity index (χ1) is 7.76. The first-order valence-electron chi connectivity index (χ1n) is 5.93. The van der Waals surface area contributed by atoms with Gasteiger partial charge in [-0.1, -0.05) is 58.1 Å². The van der Waals surface area contributed by atoms with Crippen LogP contribution in [0.2, 0.25) is 0 Å². The fourth-order valence-corrected chi connectivity index (χ4v) is 2.05. The summed E-state index contributed by atoms with van der Waals surface area (Å²) in [4.78, 5) is 21.7. The van der Waals surface area contributed by atoms with Crippen LogP contribution in [0.1, 0.15) is 47.5 Å². The Labute approximate surface area is 115 Å². The molecular weight excluding hydrogens is 252 g/mol. The van der Waals surface area contributed by atoms with Crippen LogP contribution in [0, 0.1) is 11.3 Å². The second-order valence-electron chi connectivity index (χ2n) is 4.56. The van der Waals surface area contributed by atoms with Gasteiger partial charge >= 0.3 is 0 Å². The first-order valence-corrected chi connectivity index (χ1v) is 8.37. The topological polar surface area (TPSA) is 34.1 Å². The van der Waals surface area contributed by atoms with E-state index >= 15 is 0 Å². The van der Waals surface area contributed by atoms with E-state index in [0.717, 1.165) is 12.8 Å². The Morgan fingerprint density at radius 3 is 1.71 bits per heavy atom. The van der Waals surface area contributed by atoms with Crippen LogP contribution < -0.4 is 0 Å². The van der Waals surface area contributed by atoms with Crippen molar-refractivity contribution >= 4 is 33.8 Å². The SMILES string of the molecule is CCC(C)(C)C(=O)SC.CCC(C)C(=O)SC. The highest BCUT2D eigenvalue weighted by Crippen LogP contribution is 2.25. The molecule has 0 rings (SSSR count). The summed E-state index contributed by atoms with van der Waals surface area (Å²) in [6.45, 7) is 9.98. The largest absolute Gasteiger partial charge is 0.287 e. The highest BCUT2D eigenvalue weighted by Gasteiger charge is 2.23. The second-order valence-corrected chi connectivity index (χ2v) is 6.15. The van der Waals surface area contributed by atoms with Crippen LogP contribution in [0.4, 0.5) is 0 Å². The number of rotatable bonds is 4. The molecule has 0 aromatic carbocycles. The van der Waals surface area contributed by atoms with Crippen molar-refractivity contribution in [2.75, 3.05) is 12.5 Å². The predicted molar refractivity (Wildman–Crippen MR) is 80.6 cm³/mol. The van der Waals surface area contributed by atoms with Crippen molar-refractivity contribution in [3.8, 4) is 0 Å². The molecule has 1 atom stereocenters. The maximum absolute atomic E-state index is 11.0. The van der Waals surface area contributed by atoms with Gasteiger partial charge in [0.05, 0.1) is 0 Å². The maximum Gasteiger partial charge on any atom is 0.194 e. The van der Waals surface area contributed by atoms with E-state index in [0.29, 0.717) is 5.12 Å². The van der Waals surface area contributed by atoms with Gasteiger partial charge in [0.1, 0.15) is 0 Å². The summed E-state index contributed by atoms with van der Waals surface area (Å²) in [5, 5.41) is 0.581. The molecule has 0 saturated carbocycles. The number of carbonyl (C=O) groups is 2. The zero-order valence-corrected chi connectivity index (χ0v) is 13.8. The Bertz CT molecular complexity index is 238. The smallest absolute Gasteiger partial charge is 0.194 e. The van der Waals surface area contributed by atoms with Crippen molar-refractivity contribution in [1.29, 1.82) is 0 Å². The van der Waals surface area contributed by atoms with Crippen LogP contribution in [0.25, 0.3) is 0 Å². The summed E-state index contributed by atoms with van der Waals surface area (Å²) in [6.07, 6.45) is 5.54. The van der Waals surface area contributed by atoms with E-state index in [1.807, 2.05) is 47.1 Å². The predicted octanol–water partition coefficient (Wildman–Crippen LogP) is 4.23. The molecule has 2 nitrogen and oxygen atoms in total. The maximum atomic E-state index is 11.0. The van der Waals surface area contributed by atoms with Crippen molar-refractivity contribution < 1.29 is 9.59 Å². The molecule has 0 fully saturated rings. The summed E-state index contributed by atoms with van der Waals surface area (Å²) in [7, 11) is 0. The van der Waals surface area contributed by atoms with Crippen LogP contribution in [0.15, 0.2) is 0 Å². The third-order valence-corrected chi connectivity index (χ3v) is 4.57. The highest BCUT2D eigenvalue weighted by molar-refractivity contribution is 8.13. The van der Waals surface area contributed by atoms with Gasteiger partial charge in [0.25, 0.3) is 0 Å². The van der Waals surface area contributed by atoms with Crippen molar-refractivity contribution in [2.24, 2.45) is 11.3 Å². The summed E-state index contributed by atoms with van der Waals surface area (Å²) in [5.41, 5.74) is -0.126. The molecule has 0 aromatic heterocycles. The average molecular weight is 278 g/mol. The highest BCUT2D eigenvalue weighted by atomic mass is 32.2. The molecule has 0 bridgehead atoms. The number of thioether (sulfide) groups is 2. The van der Waals surface area contributed by atoms with Crippen molar-refractivity contribution in [3.05, 3.63) is 0 Å². The lowest BCUT2D eigenvalue weighted by Gasteiger charge is -2.18. The number of carbonyl (C=O) groups excluding carboxylic acids is 2. The van der Waals surface area contributed by atoms with E-state index in [1.54, 1.807) is 0 Å². The van der Waals surface area contributed by atoms with Gasteiger partial charge in [0.2, 0.25) is 0 Å². The van der Waals surface area contributed by atoms with Crippen molar-refractivity contribution in [1.82, 2.24) is 0 Å². The molecule has 0 saturated heterocycles. The number of hydrogen-bond donors (Lipinski definition) is 0. The van der Waals surface area contributed by atoms with Gasteiger partial charge < -0.3 is 0 Å². The Morgan fingerprint density at radius 1 is 1.12 bits per heavy atom. The quantitative estimate of drug-likeness (QED) is 0.770. The van der Waals surface area contributed by atoms with Gasteiger partial charge in [0, 0.05) is 11.3 Å². The molecule has 0 radical (unpaired) electrons. The normalized spacial score (nSPS) is 12.4. The molecule has 0 N–H and O–H groups in total. The Morgan fingerprint density at radius 2 is 1.59 bits per heavy atom. The fraction of sp³-hybridized carbons (Fsp3) is 0.846. The van der Waals surface area contributed by atoms with Crippen LogP contribution in [0.5, 0.6) is 0 Å². The Kier molecular flexibility index (Phi) is 11.4. The summed E-state index contributed by atoms with van der Waals surface area (Å²) < 4.78 is 0. The fourth-order valence-electron chi connectivity index (χ4n) is 0.788. The average Bonchev–Trinajstić information content (AvgIpc) is 2.36. The van der Waals surface area contributed by atoms with Crippen LogP contribution >= 0.6 is 23.5 Å². The van der Waals surface area contributed by atoms with Crippen LogP contribution in [0.3, 0.4) is 0 Å². The third kappa shape index (κ3) is 8.72. The lowest BCUT2D eigenvalue weighted by molar-refractivity contribution is -0.118. The Hall–Kier alpha value is 0.0400. The molecule has 0 amide bonds. The summed E-state index contributed by atoms with van der Waals surface area (Å²) in [6, 6.07) is 0. The molecular formula is C13H26O2S2. The molecule has 17 heavy (non-hydrogen) atoms. The summed E-state index contributed by atoms with van der Waals surface area (Å²) in [5.74, 6) is 0.241. The van der Waals surface area contributed by atoms with E-state index in [9.17, 15) is 9.59 Å². The van der Waals surface area contributed by atoms with E-state index in [4.69, 9.17) is 0 Å². The van der Waals surface area contributed by atoms with Gasteiger partial charge in [-0.05, 0) is 25.4 Å². The van der Waals surface area contributed by atoms with Crippen molar-refractivity contribution in [2.45, 2.75) is 47.5 Å². The minimum Gasteiger partial charge on any atom is -0.287 e. The Balaban J connectivity index is 0. The molecule has 102 valence electrons. The van der Waals surface area contributed by atoms with E-state index in [2.05, 4.69) is 0 Å². The molecule has 0 aliphatic rings. The van der Waals surface area contributed by atoms with Gasteiger partial charge in [0.15, 0.2) is 10.2 Å². The minimum absolute atomic E-state index is 0.126. The molecule has 0 aromatic rings. The molecule has 0 aliphatic heterocycles. The van der Waals surface area contributed by atoms with Crippen LogP contribution in [-0.2, 0) is 9.59 Å². The van der Waals surface area contributed by atoms with Gasteiger partial charge in [-0.2, -0.15) is 0 Å². The third-order valence-electron chi connectivity index (χ3n) is 2.84. The monoisotopic (exact) mass is 278 g/mol. The van der Waals surface area contributed by atoms with Crippen molar-refractivity contribution in [3.63, 3.8) is 0 Å². The standard InChI is InChI=1S/C7H14OS.C6H12OS/c1-5-7(2,3)6(8)9-4;1-4-5(2)6(7)8-3/h5H2,1-4H3;5H,4H2,1-3H3. The zero-order valence-electron chi connectivity index (χ0n) is 12.1. The van der Waals surface area contributed by atoms with E-state index < -0.39 is 0 Å². The minimum atomic E-state index is -0.126. The lowest BCUT2D eigenvalue weighted by atomic mass is 9.92. The van der Waals surface area contributed by atoms with Gasteiger partial charge in [-0.3, -0.25) is 9.59 Å². The van der Waals surface area contributed by atoms with Crippen LogP contribution in [-0.4, -0.2) is 22.7 Å². The zero-order chi connectivity index (χ0) is 14.1. The van der Waals surface area contributed by atoms with E-state index in [1.165, 1.54) is 23.5 Å². The molecule has 4 heteroatoms. The molecule has 0 aliphatic carbocycles. The van der Waals surface area contributed by atoms with E-state index in [-0.39, 0.29) is 16.4 Å². The second kappa shape index (κ2) is 10.0. The molecule has 0 heterocycles. The number of hydrogen-bond acceptors (Lipinski definition) is 4. The van der Waals surface area contributed by atoms with Gasteiger partial charge in [-0.15, -0.1) is 0 Å². The lowest BCUT2D eigenvalue weighted by Crippen LogP contribution is -2.19. The molecule has 1 unspecified atom stereocenters.